The molecule has 214 valence electrons. The van der Waals surface area contributed by atoms with Crippen molar-refractivity contribution in [3.05, 3.63) is 75.5 Å². The quantitative estimate of drug-likeness (QED) is 0.352. The standard InChI is InChI=1S/C21H14F4N2O5S.C2HF3O2/c22-12-10-11(3-4-13(12)32-21(23,24)25)20(7-9-31-14-2-1-8-26-17(14)20)27-18(28)15-5-6-16(33-15)19(29)30;3-2(4,5)1(6)7/h1-6,8,10H,7,9H2,(H,27,28)(H,29,30);(H,6,7). The van der Waals surface area contributed by atoms with Gasteiger partial charge in [0, 0.05) is 12.6 Å². The summed E-state index contributed by atoms with van der Waals surface area (Å²) in [4.78, 5) is 37.4. The number of carboxylic acids is 2. The van der Waals surface area contributed by atoms with E-state index in [4.69, 9.17) is 19.7 Å². The fraction of sp³-hybridized carbons (Fsp3) is 0.217. The topological polar surface area (TPSA) is 135 Å². The van der Waals surface area contributed by atoms with Gasteiger partial charge in [-0.2, -0.15) is 13.2 Å². The van der Waals surface area contributed by atoms with Crippen molar-refractivity contribution in [1.82, 2.24) is 10.3 Å². The maximum absolute atomic E-state index is 14.6. The largest absolute Gasteiger partial charge is 0.573 e. The van der Waals surface area contributed by atoms with Gasteiger partial charge in [0.25, 0.3) is 5.91 Å². The number of pyridine rings is 1. The Balaban J connectivity index is 0.000000559. The van der Waals surface area contributed by atoms with Gasteiger partial charge in [0.15, 0.2) is 11.6 Å². The van der Waals surface area contributed by atoms with Crippen molar-refractivity contribution in [3.63, 3.8) is 0 Å². The number of aliphatic carboxylic acids is 1. The van der Waals surface area contributed by atoms with Crippen LogP contribution in [-0.4, -0.2) is 52.2 Å². The number of rotatable bonds is 5. The van der Waals surface area contributed by atoms with Crippen LogP contribution in [0.15, 0.2) is 48.7 Å². The third-order valence-corrected chi connectivity index (χ3v) is 6.24. The van der Waals surface area contributed by atoms with E-state index in [-0.39, 0.29) is 34.0 Å². The molecule has 0 spiro atoms. The van der Waals surface area contributed by atoms with Gasteiger partial charge in [-0.1, -0.05) is 6.07 Å². The highest BCUT2D eigenvalue weighted by atomic mass is 32.1. The van der Waals surface area contributed by atoms with Crippen molar-refractivity contribution in [2.75, 3.05) is 6.61 Å². The van der Waals surface area contributed by atoms with Gasteiger partial charge in [-0.05, 0) is 42.0 Å². The van der Waals surface area contributed by atoms with Gasteiger partial charge in [-0.25, -0.2) is 14.0 Å². The Kier molecular flexibility index (Phi) is 8.57. The van der Waals surface area contributed by atoms with Crippen LogP contribution in [0.2, 0.25) is 0 Å². The second-order valence-electron chi connectivity index (χ2n) is 7.77. The molecule has 0 saturated carbocycles. The summed E-state index contributed by atoms with van der Waals surface area (Å²) in [6.45, 7) is 0.0895. The monoisotopic (exact) mass is 596 g/mol. The molecule has 4 rings (SSSR count). The summed E-state index contributed by atoms with van der Waals surface area (Å²) >= 11 is 0.742. The van der Waals surface area contributed by atoms with Crippen LogP contribution in [0.5, 0.6) is 11.5 Å². The van der Waals surface area contributed by atoms with E-state index in [1.54, 1.807) is 12.1 Å². The lowest BCUT2D eigenvalue weighted by Crippen LogP contribution is -2.50. The molecule has 1 amide bonds. The number of hydrogen-bond acceptors (Lipinski definition) is 7. The normalized spacial score (nSPS) is 16.5. The lowest BCUT2D eigenvalue weighted by Gasteiger charge is -2.39. The van der Waals surface area contributed by atoms with E-state index in [2.05, 4.69) is 15.0 Å². The van der Waals surface area contributed by atoms with Crippen LogP contribution in [-0.2, 0) is 10.3 Å². The highest BCUT2D eigenvalue weighted by Crippen LogP contribution is 2.42. The summed E-state index contributed by atoms with van der Waals surface area (Å²) in [5, 5.41) is 19.0. The average molecular weight is 596 g/mol. The van der Waals surface area contributed by atoms with Crippen molar-refractivity contribution in [2.45, 2.75) is 24.5 Å². The smallest absolute Gasteiger partial charge is 0.491 e. The van der Waals surface area contributed by atoms with Gasteiger partial charge in [0.05, 0.1) is 11.5 Å². The number of carboxylic acid groups (broad SMARTS) is 2. The fourth-order valence-electron chi connectivity index (χ4n) is 3.54. The van der Waals surface area contributed by atoms with E-state index >= 15 is 0 Å². The number of carbonyl (C=O) groups is 3. The Hall–Kier alpha value is -4.41. The summed E-state index contributed by atoms with van der Waals surface area (Å²) in [6.07, 6.45) is -8.65. The third-order valence-electron chi connectivity index (χ3n) is 5.17. The lowest BCUT2D eigenvalue weighted by atomic mass is 9.81. The predicted molar refractivity (Wildman–Crippen MR) is 121 cm³/mol. The van der Waals surface area contributed by atoms with E-state index < -0.39 is 47.5 Å². The Labute approximate surface area is 222 Å². The summed E-state index contributed by atoms with van der Waals surface area (Å²) in [7, 11) is 0. The number of carbonyl (C=O) groups excluding carboxylic acids is 1. The van der Waals surface area contributed by atoms with Crippen LogP contribution in [0.4, 0.5) is 30.7 Å². The van der Waals surface area contributed by atoms with E-state index in [0.29, 0.717) is 5.75 Å². The number of ether oxygens (including phenoxy) is 2. The van der Waals surface area contributed by atoms with Crippen LogP contribution in [0.25, 0.3) is 0 Å². The van der Waals surface area contributed by atoms with Gasteiger partial charge in [-0.15, -0.1) is 24.5 Å². The number of hydrogen-bond donors (Lipinski definition) is 3. The van der Waals surface area contributed by atoms with E-state index in [0.717, 1.165) is 23.5 Å². The highest BCUT2D eigenvalue weighted by molar-refractivity contribution is 7.15. The first kappa shape index (κ1) is 30.1. The van der Waals surface area contributed by atoms with Crippen LogP contribution in [0.1, 0.15) is 37.0 Å². The zero-order chi connectivity index (χ0) is 29.9. The molecule has 1 aliphatic heterocycles. The number of halogens is 7. The maximum Gasteiger partial charge on any atom is 0.573 e. The molecule has 1 unspecified atom stereocenters. The van der Waals surface area contributed by atoms with Crippen LogP contribution in [0.3, 0.4) is 0 Å². The molecule has 3 N–H and O–H groups in total. The number of nitrogens with zero attached hydrogens (tertiary/aromatic N) is 1. The molecule has 0 fully saturated rings. The first-order valence-corrected chi connectivity index (χ1v) is 11.4. The second-order valence-corrected chi connectivity index (χ2v) is 8.86. The van der Waals surface area contributed by atoms with Crippen LogP contribution >= 0.6 is 11.3 Å². The molecule has 0 aliphatic carbocycles. The molecule has 2 aromatic heterocycles. The van der Waals surface area contributed by atoms with Gasteiger partial charge >= 0.3 is 24.5 Å². The molecule has 1 aromatic carbocycles. The van der Waals surface area contributed by atoms with E-state index in [1.165, 1.54) is 24.4 Å². The first-order valence-electron chi connectivity index (χ1n) is 10.6. The van der Waals surface area contributed by atoms with Crippen LogP contribution in [0, 0.1) is 5.82 Å². The molecule has 9 nitrogen and oxygen atoms in total. The number of thiophene rings is 1. The summed E-state index contributed by atoms with van der Waals surface area (Å²) < 4.78 is 93.3. The molecule has 3 heterocycles. The van der Waals surface area contributed by atoms with Gasteiger partial charge < -0.3 is 25.0 Å². The Bertz CT molecular complexity index is 1430. The lowest BCUT2D eigenvalue weighted by molar-refractivity contribution is -0.275. The Morgan fingerprint density at radius 2 is 1.68 bits per heavy atom. The molecule has 1 aliphatic rings. The number of benzene rings is 1. The SMILES string of the molecule is O=C(O)C(F)(F)F.O=C(O)c1ccc(C(=O)NC2(c3ccc(OC(F)(F)F)c(F)c3)CCOc3cccnc32)s1. The van der Waals surface area contributed by atoms with Crippen molar-refractivity contribution < 1.29 is 64.8 Å². The van der Waals surface area contributed by atoms with Gasteiger partial charge in [-0.3, -0.25) is 9.78 Å². The highest BCUT2D eigenvalue weighted by Gasteiger charge is 2.44. The van der Waals surface area contributed by atoms with Crippen molar-refractivity contribution >= 4 is 29.2 Å². The first-order chi connectivity index (χ1) is 18.5. The predicted octanol–water partition coefficient (Wildman–Crippen LogP) is 4.97. The van der Waals surface area contributed by atoms with E-state index in [9.17, 15) is 40.3 Å². The van der Waals surface area contributed by atoms with Crippen molar-refractivity contribution in [2.24, 2.45) is 0 Å². The fourth-order valence-corrected chi connectivity index (χ4v) is 4.28. The minimum absolute atomic E-state index is 0.0561. The summed E-state index contributed by atoms with van der Waals surface area (Å²) in [5.41, 5.74) is -1.12. The minimum Gasteiger partial charge on any atom is -0.491 e. The third kappa shape index (κ3) is 6.96. The molecule has 17 heteroatoms. The van der Waals surface area contributed by atoms with E-state index in [1.807, 2.05) is 0 Å². The molecule has 40 heavy (non-hydrogen) atoms. The zero-order valence-corrected chi connectivity index (χ0v) is 20.3. The number of amides is 1. The van der Waals surface area contributed by atoms with Crippen LogP contribution < -0.4 is 14.8 Å². The molecular weight excluding hydrogens is 581 g/mol. The average Bonchev–Trinajstić information content (AvgIpc) is 3.36. The number of fused-ring (bicyclic) bond motifs is 1. The number of aromatic nitrogens is 1. The van der Waals surface area contributed by atoms with Gasteiger partial charge in [0.1, 0.15) is 21.9 Å². The Morgan fingerprint density at radius 3 is 2.23 bits per heavy atom. The van der Waals surface area contributed by atoms with Crippen molar-refractivity contribution in [1.29, 1.82) is 0 Å². The molecular formula is C23H15F7N2O7S. The maximum atomic E-state index is 14.6. The second kappa shape index (κ2) is 11.4. The van der Waals surface area contributed by atoms with Crippen molar-refractivity contribution in [3.8, 4) is 11.5 Å². The molecule has 0 saturated heterocycles. The van der Waals surface area contributed by atoms with Gasteiger partial charge in [0.2, 0.25) is 0 Å². The molecule has 1 atom stereocenters. The zero-order valence-electron chi connectivity index (χ0n) is 19.5. The molecule has 3 aromatic rings. The molecule has 0 bridgehead atoms. The Morgan fingerprint density at radius 1 is 1.02 bits per heavy atom. The number of aromatic carboxylic acids is 1. The minimum atomic E-state index is -5.08. The molecule has 0 radical (unpaired) electrons. The summed E-state index contributed by atoms with van der Waals surface area (Å²) in [5.74, 6) is -6.63. The summed E-state index contributed by atoms with van der Waals surface area (Å²) in [6, 6.07) is 8.64. The number of alkyl halides is 6. The number of nitrogens with one attached hydrogen (secondary N) is 1.